The maximum atomic E-state index is 13.0. The summed E-state index contributed by atoms with van der Waals surface area (Å²) in [6.07, 6.45) is -0.533. The molecule has 0 bridgehead atoms. The fourth-order valence-corrected chi connectivity index (χ4v) is 3.93. The van der Waals surface area contributed by atoms with E-state index in [1.807, 2.05) is 64.1 Å². The van der Waals surface area contributed by atoms with Crippen LogP contribution >= 0.6 is 11.6 Å². The summed E-state index contributed by atoms with van der Waals surface area (Å²) in [5, 5.41) is 15.8. The van der Waals surface area contributed by atoms with Crippen LogP contribution in [-0.2, 0) is 9.59 Å². The number of hydrogen-bond donors (Lipinski definition) is 3. The normalized spacial score (nSPS) is 21.5. The standard InChI is InChI=1S/C23H30ClN3O3/c1-13(14-5-6-16-10-17(24)8-7-15(16)9-14)26-21(29)19-11-18(28)12-27(19)22(30)20(25)23(2,3)4/h5-10,13,18-20,28H,11-12,25H2,1-4H3,(H,26,29)/t13-,18+,19-,20+/m0/s1. The molecule has 1 aliphatic rings. The molecule has 0 spiro atoms. The lowest BCUT2D eigenvalue weighted by molar-refractivity contribution is -0.141. The highest BCUT2D eigenvalue weighted by Gasteiger charge is 2.42. The molecular weight excluding hydrogens is 402 g/mol. The molecule has 162 valence electrons. The molecule has 6 nitrogen and oxygen atoms in total. The van der Waals surface area contributed by atoms with E-state index in [-0.39, 0.29) is 30.8 Å². The van der Waals surface area contributed by atoms with Gasteiger partial charge in [-0.2, -0.15) is 0 Å². The lowest BCUT2D eigenvalue weighted by Crippen LogP contribution is -2.55. The molecule has 1 aliphatic heterocycles. The Morgan fingerprint density at radius 1 is 1.20 bits per heavy atom. The lowest BCUT2D eigenvalue weighted by Gasteiger charge is -2.32. The molecule has 4 N–H and O–H groups in total. The second-order valence-electron chi connectivity index (χ2n) is 9.22. The second kappa shape index (κ2) is 8.53. The maximum absolute atomic E-state index is 13.0. The number of nitrogens with one attached hydrogen (secondary N) is 1. The highest BCUT2D eigenvalue weighted by molar-refractivity contribution is 6.31. The maximum Gasteiger partial charge on any atom is 0.243 e. The van der Waals surface area contributed by atoms with Gasteiger partial charge >= 0.3 is 0 Å². The SMILES string of the molecule is C[C@H](NC(=O)[C@@H]1C[C@@H](O)CN1C(=O)[C@@H](N)C(C)(C)C)c1ccc2cc(Cl)ccc2c1. The number of likely N-dealkylation sites (tertiary alicyclic amines) is 1. The zero-order chi connectivity index (χ0) is 22.2. The Hall–Kier alpha value is -2.15. The van der Waals surface area contributed by atoms with E-state index in [1.165, 1.54) is 4.90 Å². The van der Waals surface area contributed by atoms with Crippen LogP contribution < -0.4 is 11.1 Å². The van der Waals surface area contributed by atoms with Crippen molar-refractivity contribution in [3.8, 4) is 0 Å². The lowest BCUT2D eigenvalue weighted by atomic mass is 9.86. The highest BCUT2D eigenvalue weighted by atomic mass is 35.5. The molecule has 0 aromatic heterocycles. The minimum atomic E-state index is -0.747. The Labute approximate surface area is 182 Å². The van der Waals surface area contributed by atoms with Crippen molar-refractivity contribution in [1.82, 2.24) is 10.2 Å². The topological polar surface area (TPSA) is 95.7 Å². The predicted octanol–water partition coefficient (Wildman–Crippen LogP) is 3.01. The third-order valence-corrected chi connectivity index (χ3v) is 5.98. The zero-order valence-corrected chi connectivity index (χ0v) is 18.6. The molecular formula is C23H30ClN3O3. The van der Waals surface area contributed by atoms with E-state index in [2.05, 4.69) is 5.32 Å². The summed E-state index contributed by atoms with van der Waals surface area (Å²) in [7, 11) is 0. The number of nitrogens with zero attached hydrogens (tertiary/aromatic N) is 1. The third-order valence-electron chi connectivity index (χ3n) is 5.75. The van der Waals surface area contributed by atoms with Crippen LogP contribution in [0.2, 0.25) is 5.02 Å². The number of halogens is 1. The van der Waals surface area contributed by atoms with Gasteiger partial charge in [0, 0.05) is 18.0 Å². The van der Waals surface area contributed by atoms with Crippen LogP contribution in [0.15, 0.2) is 36.4 Å². The van der Waals surface area contributed by atoms with Gasteiger partial charge in [0.1, 0.15) is 6.04 Å². The van der Waals surface area contributed by atoms with Gasteiger partial charge in [0.2, 0.25) is 11.8 Å². The van der Waals surface area contributed by atoms with Crippen molar-refractivity contribution in [2.75, 3.05) is 6.54 Å². The van der Waals surface area contributed by atoms with E-state index in [4.69, 9.17) is 17.3 Å². The van der Waals surface area contributed by atoms with Gasteiger partial charge in [0.25, 0.3) is 0 Å². The summed E-state index contributed by atoms with van der Waals surface area (Å²) < 4.78 is 0. The molecule has 30 heavy (non-hydrogen) atoms. The van der Waals surface area contributed by atoms with Gasteiger partial charge < -0.3 is 21.1 Å². The fourth-order valence-electron chi connectivity index (χ4n) is 3.75. The van der Waals surface area contributed by atoms with Crippen molar-refractivity contribution in [3.63, 3.8) is 0 Å². The number of hydrogen-bond acceptors (Lipinski definition) is 4. The first-order chi connectivity index (χ1) is 14.0. The molecule has 0 aliphatic carbocycles. The molecule has 1 fully saturated rings. The Bertz CT molecular complexity index is 956. The van der Waals surface area contributed by atoms with Gasteiger partial charge in [-0.05, 0) is 46.9 Å². The molecule has 2 aromatic carbocycles. The molecule has 7 heteroatoms. The van der Waals surface area contributed by atoms with Gasteiger partial charge in [0.15, 0.2) is 0 Å². The van der Waals surface area contributed by atoms with E-state index in [9.17, 15) is 14.7 Å². The number of benzene rings is 2. The summed E-state index contributed by atoms with van der Waals surface area (Å²) in [5.74, 6) is -0.598. The number of aliphatic hydroxyl groups excluding tert-OH is 1. The quantitative estimate of drug-likeness (QED) is 0.693. The second-order valence-corrected chi connectivity index (χ2v) is 9.66. The molecule has 2 aromatic rings. The Balaban J connectivity index is 1.75. The first kappa shape index (κ1) is 22.5. The number of β-amino-alcohol motifs (C(OH)–C–C–N with tert-alkyl or cyclic N) is 1. The number of carbonyl (C=O) groups excluding carboxylic acids is 2. The first-order valence-electron chi connectivity index (χ1n) is 10.2. The van der Waals surface area contributed by atoms with Gasteiger partial charge in [-0.15, -0.1) is 0 Å². The van der Waals surface area contributed by atoms with Crippen molar-refractivity contribution in [1.29, 1.82) is 0 Å². The van der Waals surface area contributed by atoms with Crippen molar-refractivity contribution in [2.45, 2.75) is 58.3 Å². The van der Waals surface area contributed by atoms with Crippen LogP contribution in [-0.4, -0.2) is 46.6 Å². The van der Waals surface area contributed by atoms with Crippen LogP contribution in [0.4, 0.5) is 0 Å². The number of fused-ring (bicyclic) bond motifs is 1. The Morgan fingerprint density at radius 2 is 1.83 bits per heavy atom. The third kappa shape index (κ3) is 4.77. The molecule has 2 amide bonds. The van der Waals surface area contributed by atoms with E-state index >= 15 is 0 Å². The van der Waals surface area contributed by atoms with E-state index < -0.39 is 23.6 Å². The summed E-state index contributed by atoms with van der Waals surface area (Å²) in [4.78, 5) is 27.3. The average molecular weight is 432 g/mol. The molecule has 1 saturated heterocycles. The summed E-state index contributed by atoms with van der Waals surface area (Å²) in [6.45, 7) is 7.66. The Morgan fingerprint density at radius 3 is 2.50 bits per heavy atom. The van der Waals surface area contributed by atoms with Crippen molar-refractivity contribution >= 4 is 34.2 Å². The van der Waals surface area contributed by atoms with Gasteiger partial charge in [0.05, 0.1) is 18.2 Å². The van der Waals surface area contributed by atoms with Crippen molar-refractivity contribution in [3.05, 3.63) is 47.0 Å². The van der Waals surface area contributed by atoms with Gasteiger partial charge in [-0.3, -0.25) is 9.59 Å². The van der Waals surface area contributed by atoms with Crippen LogP contribution in [0.1, 0.15) is 45.7 Å². The summed E-state index contributed by atoms with van der Waals surface area (Å²) in [6, 6.07) is 9.86. The number of nitrogens with two attached hydrogens (primary N) is 1. The smallest absolute Gasteiger partial charge is 0.243 e. The molecule has 3 rings (SSSR count). The minimum Gasteiger partial charge on any atom is -0.391 e. The molecule has 0 radical (unpaired) electrons. The first-order valence-corrected chi connectivity index (χ1v) is 10.6. The molecule has 4 atom stereocenters. The van der Waals surface area contributed by atoms with E-state index in [1.54, 1.807) is 0 Å². The average Bonchev–Trinajstić information content (AvgIpc) is 3.07. The van der Waals surface area contributed by atoms with E-state index in [0.29, 0.717) is 5.02 Å². The monoisotopic (exact) mass is 431 g/mol. The fraction of sp³-hybridized carbons (Fsp3) is 0.478. The van der Waals surface area contributed by atoms with Crippen molar-refractivity contribution in [2.24, 2.45) is 11.1 Å². The Kier molecular flexibility index (Phi) is 6.41. The van der Waals surface area contributed by atoms with Crippen LogP contribution in [0.5, 0.6) is 0 Å². The van der Waals surface area contributed by atoms with Crippen molar-refractivity contribution < 1.29 is 14.7 Å². The molecule has 1 heterocycles. The largest absolute Gasteiger partial charge is 0.391 e. The summed E-state index contributed by atoms with van der Waals surface area (Å²) in [5.41, 5.74) is 6.63. The van der Waals surface area contributed by atoms with E-state index in [0.717, 1.165) is 16.3 Å². The molecule has 0 saturated carbocycles. The predicted molar refractivity (Wildman–Crippen MR) is 119 cm³/mol. The van der Waals surface area contributed by atoms with Gasteiger partial charge in [-0.25, -0.2) is 0 Å². The highest BCUT2D eigenvalue weighted by Crippen LogP contribution is 2.26. The zero-order valence-electron chi connectivity index (χ0n) is 17.9. The van der Waals surface area contributed by atoms with Crippen LogP contribution in [0, 0.1) is 5.41 Å². The summed E-state index contributed by atoms with van der Waals surface area (Å²) >= 11 is 6.05. The van der Waals surface area contributed by atoms with Crippen LogP contribution in [0.3, 0.4) is 0 Å². The number of rotatable bonds is 4. The molecule has 0 unspecified atom stereocenters. The van der Waals surface area contributed by atoms with Crippen LogP contribution in [0.25, 0.3) is 10.8 Å². The number of amides is 2. The minimum absolute atomic E-state index is 0.117. The number of carbonyl (C=O) groups is 2. The van der Waals surface area contributed by atoms with Gasteiger partial charge in [-0.1, -0.05) is 50.6 Å². The number of aliphatic hydroxyl groups is 1.